The molecule has 0 aliphatic carbocycles. The molecule has 8 heteroatoms. The Kier molecular flexibility index (Phi) is 4.92. The lowest BCUT2D eigenvalue weighted by atomic mass is 10.2. The molecule has 0 saturated carbocycles. The molecule has 0 amide bonds. The van der Waals surface area contributed by atoms with Crippen molar-refractivity contribution >= 4 is 26.0 Å². The Morgan fingerprint density at radius 2 is 1.95 bits per heavy atom. The second-order valence-corrected chi connectivity index (χ2v) is 6.83. The van der Waals surface area contributed by atoms with Crippen molar-refractivity contribution < 1.29 is 8.42 Å². The highest BCUT2D eigenvalue weighted by molar-refractivity contribution is 9.10. The molecule has 0 fully saturated rings. The Morgan fingerprint density at radius 3 is 2.60 bits per heavy atom. The third-order valence-corrected chi connectivity index (χ3v) is 4.64. The normalized spacial score (nSPS) is 11.7. The van der Waals surface area contributed by atoms with E-state index in [4.69, 9.17) is 0 Å². The van der Waals surface area contributed by atoms with E-state index in [-0.39, 0.29) is 11.6 Å². The summed E-state index contributed by atoms with van der Waals surface area (Å²) in [7, 11) is -1.85. The molecule has 0 unspecified atom stereocenters. The van der Waals surface area contributed by atoms with Gasteiger partial charge in [-0.2, -0.15) is 5.10 Å². The van der Waals surface area contributed by atoms with Crippen LogP contribution in [0.2, 0.25) is 0 Å². The van der Waals surface area contributed by atoms with E-state index in [0.29, 0.717) is 12.1 Å². The van der Waals surface area contributed by atoms with Crippen LogP contribution in [0.15, 0.2) is 40.0 Å². The molecule has 0 aliphatic heterocycles. The molecule has 0 saturated heterocycles. The van der Waals surface area contributed by atoms with Gasteiger partial charge in [0.2, 0.25) is 0 Å². The van der Waals surface area contributed by atoms with E-state index >= 15 is 0 Å². The molecule has 2 aromatic rings. The maximum atomic E-state index is 12.2. The smallest absolute Gasteiger partial charge is 0.258 e. The van der Waals surface area contributed by atoms with Gasteiger partial charge in [-0.1, -0.05) is 28.1 Å². The summed E-state index contributed by atoms with van der Waals surface area (Å²) in [6, 6.07) is 7.45. The average Bonchev–Trinajstić information content (AvgIpc) is 2.88. The predicted molar refractivity (Wildman–Crippen MR) is 79.5 cm³/mol. The fourth-order valence-corrected chi connectivity index (χ4v) is 3.11. The molecule has 0 atom stereocenters. The summed E-state index contributed by atoms with van der Waals surface area (Å²) in [4.78, 5) is 0. The highest BCUT2D eigenvalue weighted by Gasteiger charge is 2.20. The third-order valence-electron chi connectivity index (χ3n) is 2.69. The van der Waals surface area contributed by atoms with Crippen molar-refractivity contribution in [2.24, 2.45) is 0 Å². The van der Waals surface area contributed by atoms with E-state index in [9.17, 15) is 8.42 Å². The number of hydrogen-bond donors (Lipinski definition) is 3. The van der Waals surface area contributed by atoms with Gasteiger partial charge >= 0.3 is 0 Å². The van der Waals surface area contributed by atoms with Gasteiger partial charge in [-0.3, -0.25) is 5.10 Å². The van der Waals surface area contributed by atoms with Gasteiger partial charge in [0.1, 0.15) is 0 Å². The topological polar surface area (TPSA) is 86.9 Å². The molecular formula is C12H15BrN4O2S. The number of H-pyrrole nitrogens is 1. The first-order valence-electron chi connectivity index (χ1n) is 5.94. The molecule has 6 nitrogen and oxygen atoms in total. The molecule has 2 rings (SSSR count). The number of aromatic amines is 1. The van der Waals surface area contributed by atoms with Crippen molar-refractivity contribution in [1.82, 2.24) is 20.2 Å². The summed E-state index contributed by atoms with van der Waals surface area (Å²) in [6.45, 7) is 0.665. The largest absolute Gasteiger partial charge is 0.316 e. The number of sulfonamides is 1. The first kappa shape index (κ1) is 15.2. The van der Waals surface area contributed by atoms with Crippen molar-refractivity contribution in [3.8, 4) is 0 Å². The van der Waals surface area contributed by atoms with Crippen molar-refractivity contribution in [2.75, 3.05) is 7.05 Å². The van der Waals surface area contributed by atoms with Crippen LogP contribution in [0.5, 0.6) is 0 Å². The van der Waals surface area contributed by atoms with Crippen LogP contribution < -0.4 is 10.0 Å². The lowest BCUT2D eigenvalue weighted by Gasteiger charge is -2.07. The van der Waals surface area contributed by atoms with E-state index in [1.54, 1.807) is 7.05 Å². The number of nitrogens with zero attached hydrogens (tertiary/aromatic N) is 1. The van der Waals surface area contributed by atoms with Gasteiger partial charge in [-0.25, -0.2) is 13.1 Å². The predicted octanol–water partition coefficient (Wildman–Crippen LogP) is 1.37. The minimum absolute atomic E-state index is 0.101. The Balaban J connectivity index is 2.11. The quantitative estimate of drug-likeness (QED) is 0.727. The van der Waals surface area contributed by atoms with E-state index in [1.165, 1.54) is 6.20 Å². The van der Waals surface area contributed by atoms with Crippen molar-refractivity contribution in [3.05, 3.63) is 46.1 Å². The minimum Gasteiger partial charge on any atom is -0.316 e. The standard InChI is InChI=1S/C12H15BrN4O2S/c1-14-7-10-8-15-17-12(10)20(18,19)16-6-9-2-4-11(13)5-3-9/h2-5,8,14,16H,6-7H2,1H3,(H,15,17). The number of halogens is 1. The van der Waals surface area contributed by atoms with Gasteiger partial charge in [-0.05, 0) is 24.7 Å². The Morgan fingerprint density at radius 1 is 1.25 bits per heavy atom. The van der Waals surface area contributed by atoms with Crippen molar-refractivity contribution in [1.29, 1.82) is 0 Å². The summed E-state index contributed by atoms with van der Waals surface area (Å²) in [5.41, 5.74) is 1.49. The first-order chi connectivity index (χ1) is 9.53. The summed E-state index contributed by atoms with van der Waals surface area (Å²) >= 11 is 3.34. The second kappa shape index (κ2) is 6.49. The molecule has 0 bridgehead atoms. The maximum absolute atomic E-state index is 12.2. The molecular weight excluding hydrogens is 344 g/mol. The van der Waals surface area contributed by atoms with Crippen LogP contribution in [0.4, 0.5) is 0 Å². The summed E-state index contributed by atoms with van der Waals surface area (Å²) < 4.78 is 27.9. The number of benzene rings is 1. The number of aromatic nitrogens is 2. The van der Waals surface area contributed by atoms with E-state index in [2.05, 4.69) is 36.2 Å². The van der Waals surface area contributed by atoms with Gasteiger partial charge < -0.3 is 5.32 Å². The lowest BCUT2D eigenvalue weighted by molar-refractivity contribution is 0.575. The summed E-state index contributed by atoms with van der Waals surface area (Å²) in [5, 5.41) is 9.32. The highest BCUT2D eigenvalue weighted by Crippen LogP contribution is 2.13. The van der Waals surface area contributed by atoms with Crippen molar-refractivity contribution in [2.45, 2.75) is 18.1 Å². The van der Waals surface area contributed by atoms with Crippen molar-refractivity contribution in [3.63, 3.8) is 0 Å². The highest BCUT2D eigenvalue weighted by atomic mass is 79.9. The summed E-state index contributed by atoms with van der Waals surface area (Å²) in [5.74, 6) is 0. The average molecular weight is 359 g/mol. The SMILES string of the molecule is CNCc1cn[nH]c1S(=O)(=O)NCc1ccc(Br)cc1. The van der Waals surface area contributed by atoms with Crippen LogP contribution >= 0.6 is 15.9 Å². The van der Waals surface area contributed by atoms with Crippen LogP contribution in [-0.2, 0) is 23.1 Å². The van der Waals surface area contributed by atoms with E-state index < -0.39 is 10.0 Å². The fourth-order valence-electron chi connectivity index (χ4n) is 1.70. The monoisotopic (exact) mass is 358 g/mol. The molecule has 1 aromatic carbocycles. The van der Waals surface area contributed by atoms with Gasteiger partial charge in [0.25, 0.3) is 10.0 Å². The zero-order chi connectivity index (χ0) is 14.6. The minimum atomic E-state index is -3.60. The van der Waals surface area contributed by atoms with E-state index in [1.807, 2.05) is 24.3 Å². The van der Waals surface area contributed by atoms with Crippen LogP contribution in [0.25, 0.3) is 0 Å². The number of nitrogens with one attached hydrogen (secondary N) is 3. The van der Waals surface area contributed by atoms with Gasteiger partial charge in [0, 0.05) is 23.1 Å². The Bertz CT molecular complexity index is 667. The molecule has 0 aliphatic rings. The fraction of sp³-hybridized carbons (Fsp3) is 0.250. The molecule has 20 heavy (non-hydrogen) atoms. The maximum Gasteiger partial charge on any atom is 0.258 e. The van der Waals surface area contributed by atoms with Crippen LogP contribution in [0, 0.1) is 0 Å². The first-order valence-corrected chi connectivity index (χ1v) is 8.21. The van der Waals surface area contributed by atoms with Gasteiger partial charge in [0.05, 0.1) is 6.20 Å². The zero-order valence-electron chi connectivity index (χ0n) is 10.9. The Labute approximate surface area is 126 Å². The molecule has 0 radical (unpaired) electrons. The Hall–Kier alpha value is -1.22. The van der Waals surface area contributed by atoms with Gasteiger partial charge in [-0.15, -0.1) is 0 Å². The number of rotatable bonds is 6. The third kappa shape index (κ3) is 3.66. The molecule has 0 spiro atoms. The second-order valence-electron chi connectivity index (χ2n) is 4.21. The van der Waals surface area contributed by atoms with Crippen LogP contribution in [-0.4, -0.2) is 25.7 Å². The number of hydrogen-bond acceptors (Lipinski definition) is 4. The molecule has 1 heterocycles. The van der Waals surface area contributed by atoms with E-state index in [0.717, 1.165) is 10.0 Å². The van der Waals surface area contributed by atoms with Crippen LogP contribution in [0.1, 0.15) is 11.1 Å². The van der Waals surface area contributed by atoms with Gasteiger partial charge in [0.15, 0.2) is 5.03 Å². The summed E-state index contributed by atoms with van der Waals surface area (Å²) in [6.07, 6.45) is 1.50. The molecule has 1 aromatic heterocycles. The van der Waals surface area contributed by atoms with Crippen LogP contribution in [0.3, 0.4) is 0 Å². The lowest BCUT2D eigenvalue weighted by Crippen LogP contribution is -2.25. The zero-order valence-corrected chi connectivity index (χ0v) is 13.3. The molecule has 108 valence electrons. The molecule has 3 N–H and O–H groups in total.